The molecule has 1 aromatic heterocycles. The Labute approximate surface area is 131 Å². The van der Waals surface area contributed by atoms with Crippen LogP contribution in [0.4, 0.5) is 14.6 Å². The Kier molecular flexibility index (Phi) is 3.47. The Hall–Kier alpha value is -2.29. The second-order valence-electron chi connectivity index (χ2n) is 5.41. The zero-order valence-corrected chi connectivity index (χ0v) is 12.8. The number of amides is 1. The number of hydrogen-bond acceptors (Lipinski definition) is 4. The molecule has 2 aromatic rings. The molecule has 6 nitrogen and oxygen atoms in total. The SMILES string of the molecule is CS(=O)(=O)c1ccc(C(=O)Nc2ccn(C3CC3(F)F)n2)cc1. The minimum atomic E-state index is -3.33. The lowest BCUT2D eigenvalue weighted by Gasteiger charge is -2.04. The van der Waals surface area contributed by atoms with Crippen LogP contribution in [0.15, 0.2) is 41.4 Å². The van der Waals surface area contributed by atoms with E-state index in [1.807, 2.05) is 0 Å². The first kappa shape index (κ1) is 15.6. The first-order valence-electron chi connectivity index (χ1n) is 6.71. The third-order valence-electron chi connectivity index (χ3n) is 3.51. The second kappa shape index (κ2) is 5.12. The van der Waals surface area contributed by atoms with E-state index in [0.717, 1.165) is 10.9 Å². The minimum Gasteiger partial charge on any atom is -0.305 e. The predicted octanol–water partition coefficient (Wildman–Crippen LogP) is 2.12. The number of nitrogens with zero attached hydrogens (tertiary/aromatic N) is 2. The molecule has 1 amide bonds. The molecule has 0 radical (unpaired) electrons. The number of rotatable bonds is 4. The summed E-state index contributed by atoms with van der Waals surface area (Å²) in [5.41, 5.74) is 0.240. The van der Waals surface area contributed by atoms with Crippen molar-refractivity contribution in [2.45, 2.75) is 23.3 Å². The van der Waals surface area contributed by atoms with Gasteiger partial charge in [0.05, 0.1) is 4.90 Å². The molecule has 1 atom stereocenters. The highest BCUT2D eigenvalue weighted by Crippen LogP contribution is 2.52. The fourth-order valence-electron chi connectivity index (χ4n) is 2.11. The number of carbonyl (C=O) groups is 1. The maximum atomic E-state index is 13.0. The lowest BCUT2D eigenvalue weighted by molar-refractivity contribution is 0.0984. The Balaban J connectivity index is 1.70. The fraction of sp³-hybridized carbons (Fsp3) is 0.286. The van der Waals surface area contributed by atoms with Crippen molar-refractivity contribution in [1.29, 1.82) is 0 Å². The van der Waals surface area contributed by atoms with Crippen molar-refractivity contribution in [2.75, 3.05) is 11.6 Å². The van der Waals surface area contributed by atoms with E-state index < -0.39 is 27.7 Å². The summed E-state index contributed by atoms with van der Waals surface area (Å²) in [6.07, 6.45) is 2.20. The van der Waals surface area contributed by atoms with Gasteiger partial charge in [0, 0.05) is 30.5 Å². The average molecular weight is 341 g/mol. The summed E-state index contributed by atoms with van der Waals surface area (Å²) in [5, 5.41) is 6.38. The highest BCUT2D eigenvalue weighted by Gasteiger charge is 2.59. The lowest BCUT2D eigenvalue weighted by Crippen LogP contribution is -2.13. The zero-order valence-electron chi connectivity index (χ0n) is 12.0. The van der Waals surface area contributed by atoms with Gasteiger partial charge in [0.1, 0.15) is 6.04 Å². The van der Waals surface area contributed by atoms with Crippen molar-refractivity contribution >= 4 is 21.6 Å². The van der Waals surface area contributed by atoms with Crippen LogP contribution in [0.1, 0.15) is 22.8 Å². The van der Waals surface area contributed by atoms with Crippen LogP contribution in [-0.2, 0) is 9.84 Å². The van der Waals surface area contributed by atoms with E-state index in [1.54, 1.807) is 0 Å². The van der Waals surface area contributed by atoms with Gasteiger partial charge in [0.15, 0.2) is 15.7 Å². The average Bonchev–Trinajstić information content (AvgIpc) is 2.90. The second-order valence-corrected chi connectivity index (χ2v) is 7.43. The summed E-state index contributed by atoms with van der Waals surface area (Å²) in [5.74, 6) is -3.09. The maximum Gasteiger partial charge on any atom is 0.272 e. The Bertz CT molecular complexity index is 860. The maximum absolute atomic E-state index is 13.0. The molecule has 1 saturated carbocycles. The molecular formula is C14H13F2N3O3S. The first-order chi connectivity index (χ1) is 10.7. The lowest BCUT2D eigenvalue weighted by atomic mass is 10.2. The van der Waals surface area contributed by atoms with Gasteiger partial charge in [-0.15, -0.1) is 0 Å². The molecule has 1 aromatic carbocycles. The normalized spacial score (nSPS) is 19.3. The van der Waals surface area contributed by atoms with Crippen molar-refractivity contribution in [3.05, 3.63) is 42.1 Å². The summed E-state index contributed by atoms with van der Waals surface area (Å²) < 4.78 is 49.7. The molecule has 0 spiro atoms. The zero-order chi connectivity index (χ0) is 16.8. The molecule has 122 valence electrons. The van der Waals surface area contributed by atoms with Crippen LogP contribution in [0.3, 0.4) is 0 Å². The third-order valence-corrected chi connectivity index (χ3v) is 4.64. The number of aromatic nitrogens is 2. The molecule has 1 aliphatic carbocycles. The third kappa shape index (κ3) is 3.24. The summed E-state index contributed by atoms with van der Waals surface area (Å²) in [7, 11) is -3.33. The highest BCUT2D eigenvalue weighted by atomic mass is 32.2. The van der Waals surface area contributed by atoms with Gasteiger partial charge in [-0.05, 0) is 24.3 Å². The van der Waals surface area contributed by atoms with Gasteiger partial charge in [-0.25, -0.2) is 17.2 Å². The van der Waals surface area contributed by atoms with E-state index in [1.165, 1.54) is 36.5 Å². The van der Waals surface area contributed by atoms with Gasteiger partial charge in [-0.3, -0.25) is 9.48 Å². The standard InChI is InChI=1S/C14H13F2N3O3S/c1-23(21,22)10-4-2-9(3-5-10)13(20)17-12-6-7-19(18-12)11-8-14(11,15)16/h2-7,11H,8H2,1H3,(H,17,18,20). The Morgan fingerprint density at radius 3 is 2.43 bits per heavy atom. The van der Waals surface area contributed by atoms with Crippen LogP contribution in [0.2, 0.25) is 0 Å². The number of anilines is 1. The van der Waals surface area contributed by atoms with Crippen LogP contribution in [0.25, 0.3) is 0 Å². The molecule has 9 heteroatoms. The number of nitrogens with one attached hydrogen (secondary N) is 1. The molecule has 23 heavy (non-hydrogen) atoms. The first-order valence-corrected chi connectivity index (χ1v) is 8.60. The van der Waals surface area contributed by atoms with Crippen molar-refractivity contribution < 1.29 is 22.0 Å². The van der Waals surface area contributed by atoms with E-state index in [0.29, 0.717) is 0 Å². The molecule has 1 heterocycles. The van der Waals surface area contributed by atoms with E-state index in [2.05, 4.69) is 10.4 Å². The number of halogens is 2. The van der Waals surface area contributed by atoms with Gasteiger partial charge in [-0.2, -0.15) is 5.10 Å². The van der Waals surface area contributed by atoms with E-state index in [9.17, 15) is 22.0 Å². The van der Waals surface area contributed by atoms with Crippen molar-refractivity contribution in [3.8, 4) is 0 Å². The van der Waals surface area contributed by atoms with Crippen LogP contribution >= 0.6 is 0 Å². The van der Waals surface area contributed by atoms with Gasteiger partial charge in [0.25, 0.3) is 11.8 Å². The van der Waals surface area contributed by atoms with E-state index in [4.69, 9.17) is 0 Å². The number of sulfone groups is 1. The molecule has 0 saturated heterocycles. The van der Waals surface area contributed by atoms with E-state index in [-0.39, 0.29) is 22.7 Å². The van der Waals surface area contributed by atoms with Crippen molar-refractivity contribution in [1.82, 2.24) is 9.78 Å². The van der Waals surface area contributed by atoms with Gasteiger partial charge in [-0.1, -0.05) is 0 Å². The number of hydrogen-bond donors (Lipinski definition) is 1. The molecule has 3 rings (SSSR count). The Morgan fingerprint density at radius 2 is 1.91 bits per heavy atom. The van der Waals surface area contributed by atoms with Crippen LogP contribution in [0, 0.1) is 0 Å². The van der Waals surface area contributed by atoms with E-state index >= 15 is 0 Å². The van der Waals surface area contributed by atoms with Gasteiger partial charge >= 0.3 is 0 Å². The predicted molar refractivity (Wildman–Crippen MR) is 78.3 cm³/mol. The molecule has 1 aliphatic rings. The quantitative estimate of drug-likeness (QED) is 0.924. The smallest absolute Gasteiger partial charge is 0.272 e. The van der Waals surface area contributed by atoms with Crippen LogP contribution < -0.4 is 5.32 Å². The molecule has 0 bridgehead atoms. The van der Waals surface area contributed by atoms with Gasteiger partial charge < -0.3 is 5.32 Å². The molecule has 0 aliphatic heterocycles. The Morgan fingerprint density at radius 1 is 1.30 bits per heavy atom. The van der Waals surface area contributed by atoms with Crippen molar-refractivity contribution in [2.24, 2.45) is 0 Å². The summed E-state index contributed by atoms with van der Waals surface area (Å²) in [4.78, 5) is 12.1. The minimum absolute atomic E-state index is 0.106. The van der Waals surface area contributed by atoms with Crippen LogP contribution in [-0.4, -0.2) is 36.3 Å². The highest BCUT2D eigenvalue weighted by molar-refractivity contribution is 7.90. The number of alkyl halides is 2. The summed E-state index contributed by atoms with van der Waals surface area (Å²) >= 11 is 0. The molecule has 1 unspecified atom stereocenters. The fourth-order valence-corrected chi connectivity index (χ4v) is 2.74. The molecule has 1 fully saturated rings. The summed E-state index contributed by atoms with van der Waals surface area (Å²) in [6.45, 7) is 0. The molecule has 1 N–H and O–H groups in total. The monoisotopic (exact) mass is 341 g/mol. The largest absolute Gasteiger partial charge is 0.305 e. The van der Waals surface area contributed by atoms with Crippen LogP contribution in [0.5, 0.6) is 0 Å². The molecular weight excluding hydrogens is 328 g/mol. The van der Waals surface area contributed by atoms with Gasteiger partial charge in [0.2, 0.25) is 0 Å². The number of carbonyl (C=O) groups excluding carboxylic acids is 1. The number of benzene rings is 1. The topological polar surface area (TPSA) is 81.1 Å². The van der Waals surface area contributed by atoms with Crippen molar-refractivity contribution in [3.63, 3.8) is 0 Å². The summed E-state index contributed by atoms with van der Waals surface area (Å²) in [6, 6.07) is 5.87.